The molecule has 26 heavy (non-hydrogen) atoms. The zero-order valence-corrected chi connectivity index (χ0v) is 16.1. The average molecular weight is 397 g/mol. The molecule has 1 heterocycles. The summed E-state index contributed by atoms with van der Waals surface area (Å²) >= 11 is 6.19. The molecule has 3 rings (SSSR count). The van der Waals surface area contributed by atoms with Crippen LogP contribution < -0.4 is 16.7 Å². The van der Waals surface area contributed by atoms with Crippen molar-refractivity contribution < 1.29 is 4.39 Å². The molecule has 0 aliphatic heterocycles. The normalized spacial score (nSPS) is 11.9. The minimum absolute atomic E-state index is 0. The van der Waals surface area contributed by atoms with E-state index in [1.165, 1.54) is 16.8 Å². The lowest BCUT2D eigenvalue weighted by Crippen LogP contribution is -2.34. The molecule has 0 saturated carbocycles. The van der Waals surface area contributed by atoms with E-state index in [-0.39, 0.29) is 23.8 Å². The lowest BCUT2D eigenvalue weighted by atomic mass is 10.1. The Hall–Kier alpha value is -2.15. The molecule has 0 saturated heterocycles. The molecule has 0 fully saturated rings. The van der Waals surface area contributed by atoms with E-state index in [1.807, 2.05) is 0 Å². The van der Waals surface area contributed by atoms with E-state index in [2.05, 4.69) is 10.4 Å². The van der Waals surface area contributed by atoms with E-state index >= 15 is 0 Å². The van der Waals surface area contributed by atoms with Crippen LogP contribution in [0.3, 0.4) is 0 Å². The predicted molar refractivity (Wildman–Crippen MR) is 106 cm³/mol. The molecule has 0 radical (unpaired) electrons. The van der Waals surface area contributed by atoms with Crippen LogP contribution in [-0.4, -0.2) is 9.66 Å². The van der Waals surface area contributed by atoms with Crippen LogP contribution in [0.4, 0.5) is 10.1 Å². The van der Waals surface area contributed by atoms with Crippen LogP contribution in [0.5, 0.6) is 0 Å². The van der Waals surface area contributed by atoms with Gasteiger partial charge in [0.05, 0.1) is 27.7 Å². The molecule has 1 aromatic heterocycles. The first-order valence-electron chi connectivity index (χ1n) is 7.80. The number of hydrogen-bond acceptors (Lipinski definition) is 4. The number of fused-ring (bicyclic) bond motifs is 1. The largest absolute Gasteiger partial charge is 0.322 e. The number of benzene rings is 2. The fourth-order valence-corrected chi connectivity index (χ4v) is 3.07. The highest BCUT2D eigenvalue weighted by molar-refractivity contribution is 6.35. The van der Waals surface area contributed by atoms with Crippen LogP contribution in [0, 0.1) is 19.7 Å². The van der Waals surface area contributed by atoms with Gasteiger partial charge in [0.15, 0.2) is 0 Å². The number of aromatic nitrogens is 2. The van der Waals surface area contributed by atoms with Crippen LogP contribution in [0.2, 0.25) is 5.02 Å². The highest BCUT2D eigenvalue weighted by Crippen LogP contribution is 2.24. The topological polar surface area (TPSA) is 72.9 Å². The summed E-state index contributed by atoms with van der Waals surface area (Å²) in [4.78, 5) is 17.5. The van der Waals surface area contributed by atoms with Crippen LogP contribution in [0.25, 0.3) is 10.9 Å². The highest BCUT2D eigenvalue weighted by atomic mass is 35.5. The Morgan fingerprint density at radius 2 is 1.88 bits per heavy atom. The van der Waals surface area contributed by atoms with Gasteiger partial charge in [0.1, 0.15) is 11.6 Å². The maximum Gasteiger partial charge on any atom is 0.281 e. The van der Waals surface area contributed by atoms with Crippen LogP contribution in [-0.2, 0) is 0 Å². The number of aryl methyl sites for hydroxylation is 2. The maximum absolute atomic E-state index is 13.5. The van der Waals surface area contributed by atoms with Gasteiger partial charge in [-0.3, -0.25) is 10.2 Å². The Morgan fingerprint density at radius 1 is 1.27 bits per heavy atom. The van der Waals surface area contributed by atoms with E-state index < -0.39 is 6.04 Å². The van der Waals surface area contributed by atoms with Crippen LogP contribution in [0.1, 0.15) is 29.9 Å². The van der Waals surface area contributed by atoms with E-state index in [9.17, 15) is 9.18 Å². The second kappa shape index (κ2) is 7.61. The summed E-state index contributed by atoms with van der Waals surface area (Å²) in [6.07, 6.45) is 0. The van der Waals surface area contributed by atoms with E-state index in [0.717, 1.165) is 0 Å². The standard InChI is InChI=1S/C18H18ClFN4O.ClH/c1-9-7-12(20)8-10(2)16(9)23-24-17(11(3)21)22-14-6-4-5-13(19)15(14)18(24)25;/h4-8,11,23H,21H2,1-3H3;1H/t11-;/m0./s1. The Morgan fingerprint density at radius 3 is 2.46 bits per heavy atom. The third-order valence-electron chi connectivity index (χ3n) is 4.00. The fourth-order valence-electron chi connectivity index (χ4n) is 2.82. The van der Waals surface area contributed by atoms with Crippen molar-refractivity contribution in [1.82, 2.24) is 9.66 Å². The van der Waals surface area contributed by atoms with Crippen LogP contribution >= 0.6 is 24.0 Å². The molecule has 5 nitrogen and oxygen atoms in total. The maximum atomic E-state index is 13.5. The first-order valence-corrected chi connectivity index (χ1v) is 8.18. The van der Waals surface area contributed by atoms with Gasteiger partial charge in [0.25, 0.3) is 5.56 Å². The summed E-state index contributed by atoms with van der Waals surface area (Å²) in [6, 6.07) is 7.38. The summed E-state index contributed by atoms with van der Waals surface area (Å²) in [5, 5.41) is 0.618. The predicted octanol–water partition coefficient (Wildman–Crippen LogP) is 4.12. The molecule has 0 amide bonds. The molecule has 8 heteroatoms. The average Bonchev–Trinajstić information content (AvgIpc) is 2.51. The number of hydrogen-bond donors (Lipinski definition) is 2. The van der Waals surface area contributed by atoms with Gasteiger partial charge in [0.2, 0.25) is 0 Å². The molecule has 2 aromatic carbocycles. The van der Waals surface area contributed by atoms with Crippen molar-refractivity contribution in [2.24, 2.45) is 5.73 Å². The molecule has 138 valence electrons. The summed E-state index contributed by atoms with van der Waals surface area (Å²) in [5.74, 6) is 0.0304. The summed E-state index contributed by atoms with van der Waals surface area (Å²) in [7, 11) is 0. The molecule has 0 aliphatic rings. The third-order valence-corrected chi connectivity index (χ3v) is 4.32. The van der Waals surface area contributed by atoms with Gasteiger partial charge in [-0.15, -0.1) is 12.4 Å². The van der Waals surface area contributed by atoms with Gasteiger partial charge in [0, 0.05) is 0 Å². The fraction of sp³-hybridized carbons (Fsp3) is 0.222. The van der Waals surface area contributed by atoms with Gasteiger partial charge in [-0.25, -0.2) is 14.1 Å². The van der Waals surface area contributed by atoms with Crippen molar-refractivity contribution in [3.8, 4) is 0 Å². The Kier molecular flexibility index (Phi) is 5.91. The molecular weight excluding hydrogens is 378 g/mol. The molecule has 3 aromatic rings. The second-order valence-corrected chi connectivity index (χ2v) is 6.47. The second-order valence-electron chi connectivity index (χ2n) is 6.06. The Labute approximate surface area is 161 Å². The van der Waals surface area contributed by atoms with E-state index in [0.29, 0.717) is 38.6 Å². The first-order chi connectivity index (χ1) is 11.8. The van der Waals surface area contributed by atoms with Gasteiger partial charge in [-0.2, -0.15) is 0 Å². The number of nitrogens with one attached hydrogen (secondary N) is 1. The minimum atomic E-state index is -0.496. The number of nitrogens with zero attached hydrogens (tertiary/aromatic N) is 2. The highest BCUT2D eigenvalue weighted by Gasteiger charge is 2.17. The number of anilines is 1. The van der Waals surface area contributed by atoms with Gasteiger partial charge in [-0.1, -0.05) is 17.7 Å². The third kappa shape index (κ3) is 3.53. The molecule has 0 bridgehead atoms. The van der Waals surface area contributed by atoms with Gasteiger partial charge >= 0.3 is 0 Å². The lowest BCUT2D eigenvalue weighted by Gasteiger charge is -2.20. The molecule has 3 N–H and O–H groups in total. The van der Waals surface area contributed by atoms with Gasteiger partial charge in [-0.05, 0) is 56.2 Å². The Balaban J connectivity index is 0.00000243. The number of nitrogens with two attached hydrogens (primary N) is 1. The summed E-state index contributed by atoms with van der Waals surface area (Å²) in [6.45, 7) is 5.26. The molecule has 0 unspecified atom stereocenters. The first kappa shape index (κ1) is 20.2. The van der Waals surface area contributed by atoms with Crippen molar-refractivity contribution in [2.75, 3.05) is 5.43 Å². The van der Waals surface area contributed by atoms with Crippen molar-refractivity contribution in [2.45, 2.75) is 26.8 Å². The van der Waals surface area contributed by atoms with Crippen molar-refractivity contribution in [1.29, 1.82) is 0 Å². The molecule has 0 aliphatic carbocycles. The molecular formula is C18H19Cl2FN4O. The van der Waals surface area contributed by atoms with Crippen molar-refractivity contribution in [3.63, 3.8) is 0 Å². The van der Waals surface area contributed by atoms with Crippen molar-refractivity contribution >= 4 is 40.6 Å². The zero-order valence-electron chi connectivity index (χ0n) is 14.5. The smallest absolute Gasteiger partial charge is 0.281 e. The molecule has 0 spiro atoms. The quantitative estimate of drug-likeness (QED) is 0.697. The number of halogens is 3. The minimum Gasteiger partial charge on any atom is -0.322 e. The monoisotopic (exact) mass is 396 g/mol. The Bertz CT molecular complexity index is 1010. The number of rotatable bonds is 3. The van der Waals surface area contributed by atoms with E-state index in [1.54, 1.807) is 39.0 Å². The zero-order chi connectivity index (χ0) is 18.3. The summed E-state index contributed by atoms with van der Waals surface area (Å²) < 4.78 is 14.8. The SMILES string of the molecule is Cc1cc(F)cc(C)c1Nn1c([C@H](C)N)nc2cccc(Cl)c2c1=O.Cl. The van der Waals surface area contributed by atoms with Gasteiger partial charge < -0.3 is 5.73 Å². The van der Waals surface area contributed by atoms with E-state index in [4.69, 9.17) is 17.3 Å². The molecule has 1 atom stereocenters. The van der Waals surface area contributed by atoms with Crippen LogP contribution in [0.15, 0.2) is 35.1 Å². The lowest BCUT2D eigenvalue weighted by molar-refractivity contribution is 0.624. The van der Waals surface area contributed by atoms with Crippen molar-refractivity contribution in [3.05, 3.63) is 68.5 Å². The summed E-state index contributed by atoms with van der Waals surface area (Å²) in [5.41, 5.74) is 11.1.